The van der Waals surface area contributed by atoms with Gasteiger partial charge in [-0.15, -0.1) is 5.10 Å². The van der Waals surface area contributed by atoms with Crippen LogP contribution in [0.15, 0.2) is 64.5 Å². The van der Waals surface area contributed by atoms with Crippen LogP contribution in [0.1, 0.15) is 16.1 Å². The number of methoxy groups -OCH3 is 1. The summed E-state index contributed by atoms with van der Waals surface area (Å²) in [5.41, 5.74) is 2.14. The Bertz CT molecular complexity index is 1310. The van der Waals surface area contributed by atoms with Crippen LogP contribution < -0.4 is 10.3 Å². The first-order valence-electron chi connectivity index (χ1n) is 10.1. The molecule has 0 N–H and O–H groups in total. The zero-order valence-corrected chi connectivity index (χ0v) is 19.2. The number of aromatic nitrogens is 6. The number of carbonyl (C=O) groups excluding carboxylic acids is 1. The van der Waals surface area contributed by atoms with E-state index in [2.05, 4.69) is 20.3 Å². The number of tetrazole rings is 1. The molecule has 2 aromatic carbocycles. The van der Waals surface area contributed by atoms with Crippen molar-refractivity contribution in [1.29, 1.82) is 0 Å². The van der Waals surface area contributed by atoms with Crippen molar-refractivity contribution >= 4 is 17.7 Å². The van der Waals surface area contributed by atoms with Gasteiger partial charge < -0.3 is 9.47 Å². The van der Waals surface area contributed by atoms with Crippen LogP contribution in [0, 0.1) is 6.92 Å². The number of hydrogen-bond donors (Lipinski definition) is 0. The quantitative estimate of drug-likeness (QED) is 0.221. The minimum Gasteiger partial charge on any atom is -0.493 e. The van der Waals surface area contributed by atoms with E-state index in [0.29, 0.717) is 34.5 Å². The van der Waals surface area contributed by atoms with Crippen molar-refractivity contribution in [3.8, 4) is 17.1 Å². The Morgan fingerprint density at radius 1 is 1.09 bits per heavy atom. The summed E-state index contributed by atoms with van der Waals surface area (Å²) in [6.07, 6.45) is 0. The number of benzene rings is 2. The number of rotatable bonds is 8. The minimum absolute atomic E-state index is 0.211. The fraction of sp³-hybridized carbons (Fsp3) is 0.227. The van der Waals surface area contributed by atoms with Gasteiger partial charge >= 0.3 is 5.97 Å². The summed E-state index contributed by atoms with van der Waals surface area (Å²) >= 11 is 1.38. The van der Waals surface area contributed by atoms with E-state index >= 15 is 0 Å². The Balaban J connectivity index is 1.46. The smallest absolute Gasteiger partial charge is 0.337 e. The second-order valence-corrected chi connectivity index (χ2v) is 8.06. The maximum atomic E-state index is 13.2. The van der Waals surface area contributed by atoms with Crippen LogP contribution in [-0.2, 0) is 11.8 Å². The Labute approximate surface area is 193 Å². The molecule has 0 radical (unpaired) electrons. The van der Waals surface area contributed by atoms with Crippen molar-refractivity contribution in [3.05, 3.63) is 76.2 Å². The van der Waals surface area contributed by atoms with E-state index in [-0.39, 0.29) is 5.56 Å². The van der Waals surface area contributed by atoms with E-state index in [1.54, 1.807) is 33.6 Å². The molecule has 0 aliphatic heterocycles. The van der Waals surface area contributed by atoms with Crippen LogP contribution >= 0.6 is 11.8 Å². The molecule has 2 heterocycles. The monoisotopic (exact) mass is 466 g/mol. The Hall–Kier alpha value is -3.86. The zero-order valence-electron chi connectivity index (χ0n) is 18.3. The number of hydrogen-bond acceptors (Lipinski definition) is 8. The predicted octanol–water partition coefficient (Wildman–Crippen LogP) is 2.42. The number of thioether (sulfide) groups is 1. The highest BCUT2D eigenvalue weighted by Crippen LogP contribution is 2.20. The highest BCUT2D eigenvalue weighted by molar-refractivity contribution is 7.99. The first-order chi connectivity index (χ1) is 16.0. The molecule has 2 aromatic heterocycles. The molecule has 0 bridgehead atoms. The van der Waals surface area contributed by atoms with Crippen LogP contribution in [-0.4, -0.2) is 55.0 Å². The van der Waals surface area contributed by atoms with Gasteiger partial charge in [0, 0.05) is 12.8 Å². The number of carbonyl (C=O) groups is 1. The third kappa shape index (κ3) is 4.53. The summed E-state index contributed by atoms with van der Waals surface area (Å²) in [4.78, 5) is 24.7. The molecule has 0 fully saturated rings. The third-order valence-electron chi connectivity index (χ3n) is 5.04. The molecule has 33 heavy (non-hydrogen) atoms. The predicted molar refractivity (Wildman–Crippen MR) is 122 cm³/mol. The second-order valence-electron chi connectivity index (χ2n) is 7.00. The number of ether oxygens (including phenoxy) is 2. The van der Waals surface area contributed by atoms with E-state index in [1.165, 1.54) is 23.6 Å². The van der Waals surface area contributed by atoms with Gasteiger partial charge in [-0.1, -0.05) is 30.0 Å². The second kappa shape index (κ2) is 9.74. The van der Waals surface area contributed by atoms with Crippen LogP contribution in [0.25, 0.3) is 11.4 Å². The molecule has 11 heteroatoms. The van der Waals surface area contributed by atoms with Gasteiger partial charge in [0.15, 0.2) is 5.69 Å². The van der Waals surface area contributed by atoms with Crippen molar-refractivity contribution in [3.63, 3.8) is 0 Å². The number of nitrogens with zero attached hydrogens (tertiary/aromatic N) is 6. The topological polar surface area (TPSA) is 106 Å². The lowest BCUT2D eigenvalue weighted by atomic mass is 10.2. The van der Waals surface area contributed by atoms with Gasteiger partial charge in [-0.05, 0) is 53.7 Å². The van der Waals surface area contributed by atoms with Crippen LogP contribution in [0.3, 0.4) is 0 Å². The average Bonchev–Trinajstić information content (AvgIpc) is 3.38. The van der Waals surface area contributed by atoms with Gasteiger partial charge in [-0.3, -0.25) is 9.48 Å². The highest BCUT2D eigenvalue weighted by Gasteiger charge is 2.21. The summed E-state index contributed by atoms with van der Waals surface area (Å²) in [5.74, 6) is 0.789. The van der Waals surface area contributed by atoms with E-state index in [4.69, 9.17) is 4.74 Å². The Kier molecular flexibility index (Phi) is 6.59. The fourth-order valence-electron chi connectivity index (χ4n) is 3.30. The average molecular weight is 467 g/mol. The van der Waals surface area contributed by atoms with Gasteiger partial charge in [0.25, 0.3) is 5.56 Å². The molecule has 0 aliphatic carbocycles. The van der Waals surface area contributed by atoms with E-state index in [0.717, 1.165) is 11.4 Å². The summed E-state index contributed by atoms with van der Waals surface area (Å²) in [5, 5.41) is 12.4. The lowest BCUT2D eigenvalue weighted by molar-refractivity contribution is 0.0600. The van der Waals surface area contributed by atoms with E-state index < -0.39 is 5.97 Å². The standard InChI is InChI=1S/C22H22N6O4S/c1-15-19(20(29)28(26(15)2)17-7-5-4-6-8-17)27-22(23-24-25-27)33-14-13-32-18-11-9-16(10-12-18)21(30)31-3/h4-12H,13-14H2,1-3H3. The van der Waals surface area contributed by atoms with Crippen molar-refractivity contribution in [1.82, 2.24) is 29.6 Å². The first-order valence-corrected chi connectivity index (χ1v) is 11.1. The molecule has 0 saturated carbocycles. The van der Waals surface area contributed by atoms with Gasteiger partial charge in [-0.2, -0.15) is 4.68 Å². The lowest BCUT2D eigenvalue weighted by Gasteiger charge is -2.07. The normalized spacial score (nSPS) is 10.9. The summed E-state index contributed by atoms with van der Waals surface area (Å²) < 4.78 is 15.2. The van der Waals surface area contributed by atoms with Crippen LogP contribution in [0.5, 0.6) is 5.75 Å². The Morgan fingerprint density at radius 3 is 2.52 bits per heavy atom. The maximum absolute atomic E-state index is 13.2. The largest absolute Gasteiger partial charge is 0.493 e. The highest BCUT2D eigenvalue weighted by atomic mass is 32.2. The molecular formula is C22H22N6O4S. The number of esters is 1. The van der Waals surface area contributed by atoms with Crippen LogP contribution in [0.4, 0.5) is 0 Å². The molecule has 0 saturated heterocycles. The fourth-order valence-corrected chi connectivity index (χ4v) is 4.00. The Morgan fingerprint density at radius 2 is 1.82 bits per heavy atom. The van der Waals surface area contributed by atoms with Crippen molar-refractivity contribution < 1.29 is 14.3 Å². The SMILES string of the molecule is COC(=O)c1ccc(OCCSc2nnnn2-c2c(C)n(C)n(-c3ccccc3)c2=O)cc1. The lowest BCUT2D eigenvalue weighted by Crippen LogP contribution is -2.22. The van der Waals surface area contributed by atoms with Crippen molar-refractivity contribution in [2.45, 2.75) is 12.1 Å². The van der Waals surface area contributed by atoms with E-state index in [9.17, 15) is 9.59 Å². The summed E-state index contributed by atoms with van der Waals surface area (Å²) in [6, 6.07) is 16.1. The summed E-state index contributed by atoms with van der Waals surface area (Å²) in [6.45, 7) is 2.24. The molecule has 0 spiro atoms. The van der Waals surface area contributed by atoms with Gasteiger partial charge in [0.2, 0.25) is 5.16 Å². The third-order valence-corrected chi connectivity index (χ3v) is 5.92. The molecule has 0 aliphatic rings. The van der Waals surface area contributed by atoms with Crippen LogP contribution in [0.2, 0.25) is 0 Å². The first kappa shape index (κ1) is 22.3. The zero-order chi connectivity index (χ0) is 23.4. The molecule has 170 valence electrons. The maximum Gasteiger partial charge on any atom is 0.337 e. The molecule has 0 atom stereocenters. The van der Waals surface area contributed by atoms with E-state index in [1.807, 2.05) is 44.3 Å². The molecular weight excluding hydrogens is 444 g/mol. The van der Waals surface area contributed by atoms with Crippen molar-refractivity contribution in [2.75, 3.05) is 19.5 Å². The summed E-state index contributed by atoms with van der Waals surface area (Å²) in [7, 11) is 3.16. The molecule has 0 unspecified atom stereocenters. The molecule has 0 amide bonds. The van der Waals surface area contributed by atoms with Gasteiger partial charge in [0.1, 0.15) is 5.75 Å². The van der Waals surface area contributed by atoms with Gasteiger partial charge in [-0.25, -0.2) is 9.48 Å². The van der Waals surface area contributed by atoms with Crippen molar-refractivity contribution in [2.24, 2.45) is 7.05 Å². The molecule has 4 rings (SSSR count). The minimum atomic E-state index is -0.397. The number of para-hydroxylation sites is 1. The molecule has 10 nitrogen and oxygen atoms in total. The molecule has 4 aromatic rings. The van der Waals surface area contributed by atoms with Gasteiger partial charge in [0.05, 0.1) is 30.7 Å².